The summed E-state index contributed by atoms with van der Waals surface area (Å²) >= 11 is 0. The zero-order valence-electron chi connectivity index (χ0n) is 16.9. The highest BCUT2D eigenvalue weighted by Crippen LogP contribution is 2.34. The van der Waals surface area contributed by atoms with Crippen molar-refractivity contribution in [3.63, 3.8) is 0 Å². The maximum absolute atomic E-state index is 12.3. The van der Waals surface area contributed by atoms with Crippen molar-refractivity contribution in [3.05, 3.63) is 107 Å². The molecule has 0 atom stereocenters. The van der Waals surface area contributed by atoms with Gasteiger partial charge in [0.15, 0.2) is 0 Å². The van der Waals surface area contributed by atoms with E-state index >= 15 is 0 Å². The van der Waals surface area contributed by atoms with E-state index in [0.717, 1.165) is 28.9 Å². The van der Waals surface area contributed by atoms with E-state index in [1.54, 1.807) is 6.20 Å². The second kappa shape index (κ2) is 8.13. The predicted molar refractivity (Wildman–Crippen MR) is 121 cm³/mol. The summed E-state index contributed by atoms with van der Waals surface area (Å²) in [6.45, 7) is 1.95. The molecule has 3 heterocycles. The predicted octanol–water partition coefficient (Wildman–Crippen LogP) is 4.88. The smallest absolute Gasteiger partial charge is 0.336 e. The van der Waals surface area contributed by atoms with Crippen LogP contribution in [0.15, 0.2) is 79.1 Å². The molecule has 4 aromatic rings. The Balaban J connectivity index is 1.69. The van der Waals surface area contributed by atoms with Crippen LogP contribution in [-0.2, 0) is 13.1 Å². The molecule has 1 aliphatic heterocycles. The lowest BCUT2D eigenvalue weighted by Crippen LogP contribution is -2.31. The molecule has 1 aliphatic rings. The number of hydrogen-bond acceptors (Lipinski definition) is 4. The molecule has 2 aromatic carbocycles. The number of benzene rings is 2. The molecule has 31 heavy (non-hydrogen) atoms. The third-order valence-corrected chi connectivity index (χ3v) is 5.56. The van der Waals surface area contributed by atoms with Gasteiger partial charge in [-0.2, -0.15) is 0 Å². The van der Waals surface area contributed by atoms with E-state index in [1.807, 2.05) is 60.8 Å². The van der Waals surface area contributed by atoms with Gasteiger partial charge in [-0.1, -0.05) is 54.6 Å². The Morgan fingerprint density at radius 3 is 2.58 bits per heavy atom. The Morgan fingerprint density at radius 1 is 1.00 bits per heavy atom. The fraction of sp³-hybridized carbons (Fsp3) is 0.115. The molecule has 0 bridgehead atoms. The number of rotatable bonds is 4. The van der Waals surface area contributed by atoms with Crippen LogP contribution in [-0.4, -0.2) is 32.5 Å². The molecule has 0 saturated carbocycles. The van der Waals surface area contributed by atoms with E-state index in [0.29, 0.717) is 29.6 Å². The number of carbonyl (C=O) groups is 1. The second-order valence-corrected chi connectivity index (χ2v) is 7.72. The molecule has 5 rings (SSSR count). The molecule has 5 nitrogen and oxygen atoms in total. The topological polar surface area (TPSA) is 66.3 Å². The minimum absolute atomic E-state index is 0.343. The van der Waals surface area contributed by atoms with Crippen molar-refractivity contribution >= 4 is 28.5 Å². The molecular formula is C26H21N3O2. The minimum atomic E-state index is -0.919. The lowest BCUT2D eigenvalue weighted by molar-refractivity contribution is 0.0696. The third-order valence-electron chi connectivity index (χ3n) is 5.56. The summed E-state index contributed by atoms with van der Waals surface area (Å²) in [6, 6.07) is 21.6. The number of aromatic carboxylic acids is 1. The Hall–Kier alpha value is -3.83. The van der Waals surface area contributed by atoms with Gasteiger partial charge in [-0.25, -0.2) is 9.78 Å². The highest BCUT2D eigenvalue weighted by molar-refractivity contribution is 6.06. The SMILES string of the molecule is O=C(O)c1c2c(nc3ccccc13)C(=Cc1cccnc1)CN(Cc1ccccc1)C2. The van der Waals surface area contributed by atoms with Crippen molar-refractivity contribution in [2.75, 3.05) is 6.54 Å². The van der Waals surface area contributed by atoms with Gasteiger partial charge in [0, 0.05) is 43.0 Å². The second-order valence-electron chi connectivity index (χ2n) is 7.72. The quantitative estimate of drug-likeness (QED) is 0.522. The standard InChI is InChI=1S/C26H21N3O2/c30-26(31)24-21-10-4-5-11-23(21)28-25-20(13-19-9-6-12-27-14-19)16-29(17-22(24)25)15-18-7-2-1-3-8-18/h1-14H,15-17H2,(H,30,31). The van der Waals surface area contributed by atoms with Crippen LogP contribution in [0.1, 0.15) is 32.7 Å². The molecule has 0 radical (unpaired) electrons. The number of pyridine rings is 2. The van der Waals surface area contributed by atoms with Crippen LogP contribution in [0.3, 0.4) is 0 Å². The van der Waals surface area contributed by atoms with Crippen LogP contribution >= 0.6 is 0 Å². The van der Waals surface area contributed by atoms with E-state index < -0.39 is 5.97 Å². The van der Waals surface area contributed by atoms with Crippen molar-refractivity contribution in [3.8, 4) is 0 Å². The van der Waals surface area contributed by atoms with Gasteiger partial charge in [-0.05, 0) is 34.9 Å². The van der Waals surface area contributed by atoms with Gasteiger partial charge >= 0.3 is 5.97 Å². The van der Waals surface area contributed by atoms with Gasteiger partial charge in [0.2, 0.25) is 0 Å². The number of para-hydroxylation sites is 1. The van der Waals surface area contributed by atoms with Crippen molar-refractivity contribution in [2.24, 2.45) is 0 Å². The molecule has 5 heteroatoms. The van der Waals surface area contributed by atoms with Crippen LogP contribution in [0, 0.1) is 0 Å². The van der Waals surface area contributed by atoms with E-state index in [1.165, 1.54) is 5.56 Å². The third kappa shape index (κ3) is 3.83. The fourth-order valence-corrected chi connectivity index (χ4v) is 4.24. The summed E-state index contributed by atoms with van der Waals surface area (Å²) in [7, 11) is 0. The van der Waals surface area contributed by atoms with Gasteiger partial charge in [0.25, 0.3) is 0 Å². The highest BCUT2D eigenvalue weighted by atomic mass is 16.4. The minimum Gasteiger partial charge on any atom is -0.478 e. The van der Waals surface area contributed by atoms with Crippen LogP contribution in [0.4, 0.5) is 0 Å². The van der Waals surface area contributed by atoms with E-state index in [2.05, 4.69) is 28.1 Å². The zero-order valence-corrected chi connectivity index (χ0v) is 16.9. The maximum atomic E-state index is 12.3. The summed E-state index contributed by atoms with van der Waals surface area (Å²) in [4.78, 5) is 23.7. The summed E-state index contributed by atoms with van der Waals surface area (Å²) in [6.07, 6.45) is 5.62. The monoisotopic (exact) mass is 407 g/mol. The lowest BCUT2D eigenvalue weighted by atomic mass is 9.92. The van der Waals surface area contributed by atoms with Crippen molar-refractivity contribution in [1.82, 2.24) is 14.9 Å². The van der Waals surface area contributed by atoms with Gasteiger partial charge in [0.1, 0.15) is 0 Å². The molecule has 0 spiro atoms. The average molecular weight is 407 g/mol. The molecule has 1 N–H and O–H groups in total. The number of nitrogens with zero attached hydrogens (tertiary/aromatic N) is 3. The fourth-order valence-electron chi connectivity index (χ4n) is 4.24. The number of hydrogen-bond donors (Lipinski definition) is 1. The maximum Gasteiger partial charge on any atom is 0.336 e. The van der Waals surface area contributed by atoms with Crippen LogP contribution < -0.4 is 0 Å². The number of carboxylic acid groups (broad SMARTS) is 1. The van der Waals surface area contributed by atoms with E-state index in [4.69, 9.17) is 4.98 Å². The lowest BCUT2D eigenvalue weighted by Gasteiger charge is -2.31. The Morgan fingerprint density at radius 2 is 1.81 bits per heavy atom. The van der Waals surface area contributed by atoms with E-state index in [9.17, 15) is 9.90 Å². The first-order chi connectivity index (χ1) is 15.2. The summed E-state index contributed by atoms with van der Waals surface area (Å²) in [5.74, 6) is -0.919. The van der Waals surface area contributed by atoms with Crippen LogP contribution in [0.2, 0.25) is 0 Å². The first-order valence-corrected chi connectivity index (χ1v) is 10.2. The molecule has 0 fully saturated rings. The van der Waals surface area contributed by atoms with Crippen LogP contribution in [0.5, 0.6) is 0 Å². The van der Waals surface area contributed by atoms with Gasteiger partial charge in [-0.3, -0.25) is 9.88 Å². The Kier molecular flexibility index (Phi) is 5.02. The van der Waals surface area contributed by atoms with Crippen molar-refractivity contribution in [2.45, 2.75) is 13.1 Å². The molecular weight excluding hydrogens is 386 g/mol. The molecule has 0 aliphatic carbocycles. The normalized spacial score (nSPS) is 15.2. The number of carboxylic acids is 1. The first-order valence-electron chi connectivity index (χ1n) is 10.2. The molecule has 0 amide bonds. The van der Waals surface area contributed by atoms with Crippen LogP contribution in [0.25, 0.3) is 22.6 Å². The summed E-state index contributed by atoms with van der Waals surface area (Å²) in [5.41, 5.74) is 5.74. The zero-order chi connectivity index (χ0) is 21.2. The highest BCUT2D eigenvalue weighted by Gasteiger charge is 2.28. The largest absolute Gasteiger partial charge is 0.478 e. The molecule has 0 unspecified atom stereocenters. The number of aromatic nitrogens is 2. The van der Waals surface area contributed by atoms with Crippen molar-refractivity contribution < 1.29 is 9.90 Å². The molecule has 152 valence electrons. The van der Waals surface area contributed by atoms with E-state index in [-0.39, 0.29) is 0 Å². The summed E-state index contributed by atoms with van der Waals surface area (Å²) < 4.78 is 0. The molecule has 2 aromatic heterocycles. The molecule has 0 saturated heterocycles. The Bertz CT molecular complexity index is 1280. The Labute approximate surface area is 180 Å². The van der Waals surface area contributed by atoms with Gasteiger partial charge in [-0.15, -0.1) is 0 Å². The first kappa shape index (κ1) is 19.2. The van der Waals surface area contributed by atoms with Crippen molar-refractivity contribution in [1.29, 1.82) is 0 Å². The number of fused-ring (bicyclic) bond motifs is 2. The van der Waals surface area contributed by atoms with Gasteiger partial charge in [0.05, 0.1) is 16.8 Å². The average Bonchev–Trinajstić information content (AvgIpc) is 2.79. The van der Waals surface area contributed by atoms with Gasteiger partial charge < -0.3 is 5.11 Å². The summed E-state index contributed by atoms with van der Waals surface area (Å²) in [5, 5.41) is 10.8.